The van der Waals surface area contributed by atoms with Crippen LogP contribution in [-0.4, -0.2) is 54.6 Å². The lowest BCUT2D eigenvalue weighted by molar-refractivity contribution is -0.136. The Morgan fingerprint density at radius 2 is 2.07 bits per heavy atom. The van der Waals surface area contributed by atoms with Crippen molar-refractivity contribution < 1.29 is 18.3 Å². The average molecular weight is 255 g/mol. The lowest BCUT2D eigenvalue weighted by atomic mass is 10.4. The third-order valence-corrected chi connectivity index (χ3v) is 4.81. The molecule has 15 heavy (non-hydrogen) atoms. The van der Waals surface area contributed by atoms with Gasteiger partial charge < -0.3 is 5.11 Å². The van der Waals surface area contributed by atoms with E-state index in [9.17, 15) is 13.2 Å². The van der Waals surface area contributed by atoms with E-state index in [1.165, 1.54) is 11.4 Å². The predicted molar refractivity (Wildman–Crippen MR) is 61.6 cm³/mol. The normalized spacial score (nSPS) is 14.1. The highest BCUT2D eigenvalue weighted by molar-refractivity contribution is 7.98. The van der Waals surface area contributed by atoms with Crippen LogP contribution in [0.2, 0.25) is 0 Å². The monoisotopic (exact) mass is 255 g/mol. The minimum atomic E-state index is -3.44. The zero-order chi connectivity index (χ0) is 12.1. The second kappa shape index (κ2) is 6.34. The van der Waals surface area contributed by atoms with E-state index in [0.717, 1.165) is 0 Å². The zero-order valence-corrected chi connectivity index (χ0v) is 10.8. The molecular formula is C8H17NO4S2. The van der Waals surface area contributed by atoms with Crippen LogP contribution in [0, 0.1) is 0 Å². The van der Waals surface area contributed by atoms with Crippen LogP contribution in [0.4, 0.5) is 0 Å². The number of carboxylic acids is 1. The molecule has 0 saturated heterocycles. The fourth-order valence-electron chi connectivity index (χ4n) is 0.981. The molecule has 0 aromatic heterocycles. The molecule has 0 fully saturated rings. The van der Waals surface area contributed by atoms with E-state index >= 15 is 0 Å². The summed E-state index contributed by atoms with van der Waals surface area (Å²) in [6.45, 7) is 1.80. The van der Waals surface area contributed by atoms with Gasteiger partial charge >= 0.3 is 5.97 Å². The molecule has 90 valence electrons. The van der Waals surface area contributed by atoms with Crippen LogP contribution < -0.4 is 0 Å². The summed E-state index contributed by atoms with van der Waals surface area (Å²) >= 11 is 1.56. The van der Waals surface area contributed by atoms with Gasteiger partial charge in [0.05, 0.1) is 12.2 Å². The summed E-state index contributed by atoms with van der Waals surface area (Å²) in [6, 6.07) is -0.112. The van der Waals surface area contributed by atoms with Crippen LogP contribution >= 0.6 is 11.8 Å². The molecule has 0 rings (SSSR count). The number of sulfonamides is 1. The molecule has 0 aromatic carbocycles. The highest BCUT2D eigenvalue weighted by atomic mass is 32.2. The predicted octanol–water partition coefficient (Wildman–Crippen LogP) is 0.474. The third-order valence-electron chi connectivity index (χ3n) is 2.04. The van der Waals surface area contributed by atoms with E-state index in [1.54, 1.807) is 18.7 Å². The summed E-state index contributed by atoms with van der Waals surface area (Å²) in [4.78, 5) is 10.3. The van der Waals surface area contributed by atoms with Crippen LogP contribution in [0.25, 0.3) is 0 Å². The maximum absolute atomic E-state index is 11.6. The summed E-state index contributed by atoms with van der Waals surface area (Å²) in [6.07, 6.45) is 1.55. The van der Waals surface area contributed by atoms with Gasteiger partial charge in [0.2, 0.25) is 10.0 Å². The first-order valence-corrected chi connectivity index (χ1v) is 7.48. The number of carboxylic acid groups (broad SMARTS) is 1. The SMILES string of the molecule is CSCC(C)N(C)S(=O)(=O)CCC(=O)O. The summed E-state index contributed by atoms with van der Waals surface area (Å²) < 4.78 is 24.5. The van der Waals surface area contributed by atoms with Crippen LogP contribution in [0.15, 0.2) is 0 Å². The van der Waals surface area contributed by atoms with Crippen molar-refractivity contribution in [2.24, 2.45) is 0 Å². The van der Waals surface area contributed by atoms with Crippen molar-refractivity contribution in [2.75, 3.05) is 24.8 Å². The molecule has 1 N–H and O–H groups in total. The van der Waals surface area contributed by atoms with Gasteiger partial charge in [0.15, 0.2) is 0 Å². The Kier molecular flexibility index (Phi) is 6.23. The molecule has 0 heterocycles. The molecule has 0 aliphatic rings. The summed E-state index contributed by atoms with van der Waals surface area (Å²) in [7, 11) is -1.95. The minimum Gasteiger partial charge on any atom is -0.481 e. The van der Waals surface area contributed by atoms with Crippen molar-refractivity contribution in [3.63, 3.8) is 0 Å². The third kappa shape index (κ3) is 5.39. The number of hydrogen-bond donors (Lipinski definition) is 1. The molecule has 1 unspecified atom stereocenters. The first-order chi connectivity index (χ1) is 6.81. The quantitative estimate of drug-likeness (QED) is 0.716. The van der Waals surface area contributed by atoms with Gasteiger partial charge in [0, 0.05) is 18.8 Å². The Morgan fingerprint density at radius 3 is 2.47 bits per heavy atom. The lowest BCUT2D eigenvalue weighted by Crippen LogP contribution is -2.38. The van der Waals surface area contributed by atoms with E-state index < -0.39 is 16.0 Å². The molecule has 5 nitrogen and oxygen atoms in total. The number of hydrogen-bond acceptors (Lipinski definition) is 4. The van der Waals surface area contributed by atoms with E-state index in [2.05, 4.69) is 0 Å². The first kappa shape index (κ1) is 14.7. The molecule has 0 aromatic rings. The Morgan fingerprint density at radius 1 is 1.53 bits per heavy atom. The molecule has 0 aliphatic carbocycles. The molecular weight excluding hydrogens is 238 g/mol. The molecule has 1 atom stereocenters. The van der Waals surface area contributed by atoms with Gasteiger partial charge in [-0.1, -0.05) is 0 Å². The second-order valence-electron chi connectivity index (χ2n) is 3.28. The lowest BCUT2D eigenvalue weighted by Gasteiger charge is -2.23. The second-order valence-corrected chi connectivity index (χ2v) is 6.34. The highest BCUT2D eigenvalue weighted by Crippen LogP contribution is 2.09. The fraction of sp³-hybridized carbons (Fsp3) is 0.875. The molecule has 0 bridgehead atoms. The van der Waals surface area contributed by atoms with Crippen molar-refractivity contribution in [2.45, 2.75) is 19.4 Å². The van der Waals surface area contributed by atoms with Gasteiger partial charge in [0.25, 0.3) is 0 Å². The number of aliphatic carboxylic acids is 1. The van der Waals surface area contributed by atoms with Crippen molar-refractivity contribution >= 4 is 27.8 Å². The van der Waals surface area contributed by atoms with Crippen LogP contribution in [0.3, 0.4) is 0 Å². The minimum absolute atomic E-state index is 0.112. The largest absolute Gasteiger partial charge is 0.481 e. The van der Waals surface area contributed by atoms with Crippen molar-refractivity contribution in [1.82, 2.24) is 4.31 Å². The van der Waals surface area contributed by atoms with Crippen molar-refractivity contribution in [3.8, 4) is 0 Å². The maximum Gasteiger partial charge on any atom is 0.304 e. The van der Waals surface area contributed by atoms with Crippen LogP contribution in [0.1, 0.15) is 13.3 Å². The van der Waals surface area contributed by atoms with Crippen LogP contribution in [-0.2, 0) is 14.8 Å². The highest BCUT2D eigenvalue weighted by Gasteiger charge is 2.23. The van der Waals surface area contributed by atoms with E-state index in [0.29, 0.717) is 5.75 Å². The fourth-order valence-corrected chi connectivity index (χ4v) is 3.12. The summed E-state index contributed by atoms with van der Waals surface area (Å²) in [5.41, 5.74) is 0. The topological polar surface area (TPSA) is 74.7 Å². The van der Waals surface area contributed by atoms with Crippen molar-refractivity contribution in [1.29, 1.82) is 0 Å². The molecule has 0 aliphatic heterocycles. The van der Waals surface area contributed by atoms with Crippen LogP contribution in [0.5, 0.6) is 0 Å². The standard InChI is InChI=1S/C8H17NO4S2/c1-7(6-14-3)9(2)15(12,13)5-4-8(10)11/h7H,4-6H2,1-3H3,(H,10,11). The maximum atomic E-state index is 11.6. The van der Waals surface area contributed by atoms with Gasteiger partial charge in [-0.3, -0.25) is 4.79 Å². The number of rotatable bonds is 7. The van der Waals surface area contributed by atoms with E-state index in [4.69, 9.17) is 5.11 Å². The van der Waals surface area contributed by atoms with E-state index in [1.807, 2.05) is 6.26 Å². The smallest absolute Gasteiger partial charge is 0.304 e. The zero-order valence-electron chi connectivity index (χ0n) is 9.13. The number of nitrogens with zero attached hydrogens (tertiary/aromatic N) is 1. The number of thioether (sulfide) groups is 1. The first-order valence-electron chi connectivity index (χ1n) is 4.47. The van der Waals surface area contributed by atoms with Gasteiger partial charge in [-0.05, 0) is 13.2 Å². The summed E-state index contributed by atoms with van der Waals surface area (Å²) in [5.74, 6) is -0.732. The molecule has 0 amide bonds. The van der Waals surface area contributed by atoms with Gasteiger partial charge in [-0.25, -0.2) is 12.7 Å². The summed E-state index contributed by atoms with van der Waals surface area (Å²) in [5, 5.41) is 8.41. The molecule has 0 radical (unpaired) electrons. The Labute approximate surface area is 94.9 Å². The molecule has 0 saturated carbocycles. The van der Waals surface area contributed by atoms with Crippen molar-refractivity contribution in [3.05, 3.63) is 0 Å². The number of carbonyl (C=O) groups is 1. The Bertz CT molecular complexity index is 302. The van der Waals surface area contributed by atoms with E-state index in [-0.39, 0.29) is 18.2 Å². The Hall–Kier alpha value is -0.270. The Balaban J connectivity index is 4.38. The van der Waals surface area contributed by atoms with Gasteiger partial charge in [0.1, 0.15) is 0 Å². The van der Waals surface area contributed by atoms with Gasteiger partial charge in [-0.2, -0.15) is 11.8 Å². The average Bonchev–Trinajstić information content (AvgIpc) is 2.14. The van der Waals surface area contributed by atoms with Gasteiger partial charge in [-0.15, -0.1) is 0 Å². The molecule has 7 heteroatoms. The molecule has 0 spiro atoms.